The number of aromatic nitrogens is 1. The number of anilines is 1. The molecule has 1 atom stereocenters. The third-order valence-electron chi connectivity index (χ3n) is 3.77. The molecule has 2 aromatic carbocycles. The molecule has 0 fully saturated rings. The molecule has 0 spiro atoms. The second kappa shape index (κ2) is 5.96. The normalized spacial score (nSPS) is 12.5. The summed E-state index contributed by atoms with van der Waals surface area (Å²) in [4.78, 5) is 4.52. The molecule has 106 valence electrons. The zero-order valence-electron chi connectivity index (χ0n) is 12.5. The van der Waals surface area contributed by atoms with Crippen molar-refractivity contribution in [2.45, 2.75) is 19.9 Å². The Kier molecular flexibility index (Phi) is 3.87. The number of rotatable bonds is 4. The highest BCUT2D eigenvalue weighted by Crippen LogP contribution is 2.29. The molecule has 1 N–H and O–H groups in total. The summed E-state index contributed by atoms with van der Waals surface area (Å²) in [5.74, 6) is 0.492. The minimum atomic E-state index is 0.277. The molecule has 1 unspecified atom stereocenters. The monoisotopic (exact) mass is 276 g/mol. The van der Waals surface area contributed by atoms with Crippen LogP contribution in [0.3, 0.4) is 0 Å². The molecular weight excluding hydrogens is 256 g/mol. The number of hydrogen-bond acceptors (Lipinski definition) is 2. The van der Waals surface area contributed by atoms with Crippen LogP contribution in [0.2, 0.25) is 0 Å². The van der Waals surface area contributed by atoms with Crippen molar-refractivity contribution in [1.82, 2.24) is 4.98 Å². The van der Waals surface area contributed by atoms with E-state index in [0.29, 0.717) is 5.92 Å². The summed E-state index contributed by atoms with van der Waals surface area (Å²) in [5, 5.41) is 4.84. The van der Waals surface area contributed by atoms with Crippen LogP contribution in [0.25, 0.3) is 10.9 Å². The molecule has 0 bridgehead atoms. The molecule has 0 aliphatic heterocycles. The molecule has 1 aromatic heterocycles. The fourth-order valence-electron chi connectivity index (χ4n) is 2.68. The van der Waals surface area contributed by atoms with Crippen molar-refractivity contribution in [3.05, 3.63) is 72.4 Å². The first-order chi connectivity index (χ1) is 10.3. The Bertz CT molecular complexity index is 714. The minimum absolute atomic E-state index is 0.277. The fraction of sp³-hybridized carbons (Fsp3) is 0.211. The zero-order valence-corrected chi connectivity index (χ0v) is 12.5. The quantitative estimate of drug-likeness (QED) is 0.721. The summed E-state index contributed by atoms with van der Waals surface area (Å²) in [7, 11) is 0. The third kappa shape index (κ3) is 2.89. The molecular formula is C19H20N2. The summed E-state index contributed by atoms with van der Waals surface area (Å²) < 4.78 is 0. The van der Waals surface area contributed by atoms with Crippen LogP contribution < -0.4 is 5.32 Å². The maximum absolute atomic E-state index is 4.52. The molecule has 2 nitrogen and oxygen atoms in total. The van der Waals surface area contributed by atoms with Crippen molar-refractivity contribution in [1.29, 1.82) is 0 Å². The summed E-state index contributed by atoms with van der Waals surface area (Å²) in [5.41, 5.74) is 3.43. The lowest BCUT2D eigenvalue weighted by Gasteiger charge is -2.24. The van der Waals surface area contributed by atoms with Crippen molar-refractivity contribution in [2.24, 2.45) is 5.92 Å². The van der Waals surface area contributed by atoms with E-state index >= 15 is 0 Å². The molecule has 0 amide bonds. The number of pyridine rings is 1. The molecule has 0 radical (unpaired) electrons. The van der Waals surface area contributed by atoms with Gasteiger partial charge < -0.3 is 5.32 Å². The summed E-state index contributed by atoms with van der Waals surface area (Å²) in [6.07, 6.45) is 1.85. The van der Waals surface area contributed by atoms with Gasteiger partial charge in [0, 0.05) is 11.6 Å². The van der Waals surface area contributed by atoms with Crippen LogP contribution in [0, 0.1) is 5.92 Å². The molecule has 1 heterocycles. The highest BCUT2D eigenvalue weighted by atomic mass is 14.9. The number of fused-ring (bicyclic) bond motifs is 1. The molecule has 2 heteroatoms. The van der Waals surface area contributed by atoms with Crippen molar-refractivity contribution < 1.29 is 0 Å². The minimum Gasteiger partial charge on any atom is -0.376 e. The first-order valence-corrected chi connectivity index (χ1v) is 7.41. The van der Waals surface area contributed by atoms with Crippen LogP contribution in [-0.2, 0) is 0 Å². The molecule has 21 heavy (non-hydrogen) atoms. The van der Waals surface area contributed by atoms with Crippen molar-refractivity contribution in [3.63, 3.8) is 0 Å². The standard InChI is InChI=1S/C19H20N2/c1-14(2)18(15-8-4-3-5-9-15)21-17-12-6-10-16-11-7-13-20-19(16)17/h3-14,18,21H,1-2H3. The number of para-hydroxylation sites is 1. The van der Waals surface area contributed by atoms with E-state index in [0.717, 1.165) is 16.6 Å². The Labute approximate surface area is 125 Å². The maximum atomic E-state index is 4.52. The topological polar surface area (TPSA) is 24.9 Å². The molecule has 3 rings (SSSR count). The van der Waals surface area contributed by atoms with Gasteiger partial charge in [0.2, 0.25) is 0 Å². The van der Waals surface area contributed by atoms with Gasteiger partial charge in [-0.1, -0.05) is 62.4 Å². The van der Waals surface area contributed by atoms with Gasteiger partial charge in [-0.05, 0) is 23.6 Å². The van der Waals surface area contributed by atoms with E-state index in [1.807, 2.05) is 12.3 Å². The molecule has 0 saturated heterocycles. The summed E-state index contributed by atoms with van der Waals surface area (Å²) in [6, 6.07) is 21.2. The predicted molar refractivity (Wildman–Crippen MR) is 89.4 cm³/mol. The number of benzene rings is 2. The molecule has 0 aliphatic rings. The van der Waals surface area contributed by atoms with Crippen LogP contribution in [-0.4, -0.2) is 4.98 Å². The van der Waals surface area contributed by atoms with E-state index in [2.05, 4.69) is 78.7 Å². The lowest BCUT2D eigenvalue weighted by molar-refractivity contribution is 0.547. The number of hydrogen-bond donors (Lipinski definition) is 1. The Morgan fingerprint density at radius 1 is 0.857 bits per heavy atom. The Morgan fingerprint density at radius 3 is 2.38 bits per heavy atom. The van der Waals surface area contributed by atoms with Gasteiger partial charge in [-0.25, -0.2) is 0 Å². The van der Waals surface area contributed by atoms with Gasteiger partial charge in [-0.15, -0.1) is 0 Å². The maximum Gasteiger partial charge on any atom is 0.0933 e. The number of nitrogens with one attached hydrogen (secondary N) is 1. The van der Waals surface area contributed by atoms with Gasteiger partial charge in [0.1, 0.15) is 0 Å². The first kappa shape index (κ1) is 13.6. The van der Waals surface area contributed by atoms with Gasteiger partial charge in [-0.3, -0.25) is 4.98 Å². The van der Waals surface area contributed by atoms with Gasteiger partial charge in [0.15, 0.2) is 0 Å². The smallest absolute Gasteiger partial charge is 0.0933 e. The van der Waals surface area contributed by atoms with Crippen LogP contribution in [0.4, 0.5) is 5.69 Å². The highest BCUT2D eigenvalue weighted by Gasteiger charge is 2.16. The van der Waals surface area contributed by atoms with E-state index in [9.17, 15) is 0 Å². The zero-order chi connectivity index (χ0) is 14.7. The van der Waals surface area contributed by atoms with Crippen LogP contribution >= 0.6 is 0 Å². The summed E-state index contributed by atoms with van der Waals surface area (Å²) >= 11 is 0. The largest absolute Gasteiger partial charge is 0.376 e. The second-order valence-electron chi connectivity index (χ2n) is 5.66. The Balaban J connectivity index is 1.99. The second-order valence-corrected chi connectivity index (χ2v) is 5.66. The first-order valence-electron chi connectivity index (χ1n) is 7.41. The lowest BCUT2D eigenvalue weighted by Crippen LogP contribution is -2.17. The lowest BCUT2D eigenvalue weighted by atomic mass is 9.95. The van der Waals surface area contributed by atoms with E-state index in [4.69, 9.17) is 0 Å². The van der Waals surface area contributed by atoms with Gasteiger partial charge >= 0.3 is 0 Å². The highest BCUT2D eigenvalue weighted by molar-refractivity contribution is 5.90. The molecule has 0 aliphatic carbocycles. The van der Waals surface area contributed by atoms with Crippen LogP contribution in [0.5, 0.6) is 0 Å². The average Bonchev–Trinajstić information content (AvgIpc) is 2.53. The van der Waals surface area contributed by atoms with Gasteiger partial charge in [0.05, 0.1) is 17.2 Å². The van der Waals surface area contributed by atoms with Crippen molar-refractivity contribution in [3.8, 4) is 0 Å². The number of nitrogens with zero attached hydrogens (tertiary/aromatic N) is 1. The predicted octanol–water partition coefficient (Wildman–Crippen LogP) is 5.04. The van der Waals surface area contributed by atoms with Crippen LogP contribution in [0.1, 0.15) is 25.5 Å². The molecule has 3 aromatic rings. The van der Waals surface area contributed by atoms with E-state index in [-0.39, 0.29) is 6.04 Å². The Morgan fingerprint density at radius 2 is 1.62 bits per heavy atom. The van der Waals surface area contributed by atoms with Crippen molar-refractivity contribution >= 4 is 16.6 Å². The van der Waals surface area contributed by atoms with Crippen LogP contribution in [0.15, 0.2) is 66.9 Å². The van der Waals surface area contributed by atoms with E-state index in [1.54, 1.807) is 0 Å². The third-order valence-corrected chi connectivity index (χ3v) is 3.77. The summed E-state index contributed by atoms with van der Waals surface area (Å²) in [6.45, 7) is 4.48. The van der Waals surface area contributed by atoms with Crippen molar-refractivity contribution in [2.75, 3.05) is 5.32 Å². The van der Waals surface area contributed by atoms with Gasteiger partial charge in [-0.2, -0.15) is 0 Å². The van der Waals surface area contributed by atoms with Gasteiger partial charge in [0.25, 0.3) is 0 Å². The fourth-order valence-corrected chi connectivity index (χ4v) is 2.68. The molecule has 0 saturated carbocycles. The van der Waals surface area contributed by atoms with E-state index in [1.165, 1.54) is 5.56 Å². The SMILES string of the molecule is CC(C)C(Nc1cccc2cccnc12)c1ccccc1. The Hall–Kier alpha value is -2.35. The average molecular weight is 276 g/mol. The van der Waals surface area contributed by atoms with E-state index < -0.39 is 0 Å².